The summed E-state index contributed by atoms with van der Waals surface area (Å²) in [6.07, 6.45) is 2.69. The number of ether oxygens (including phenoxy) is 1. The van der Waals surface area contributed by atoms with E-state index in [1.54, 1.807) is 20.0 Å². The Morgan fingerprint density at radius 1 is 1.28 bits per heavy atom. The Labute approximate surface area is 188 Å². The minimum absolute atomic E-state index is 0.188. The summed E-state index contributed by atoms with van der Waals surface area (Å²) in [6, 6.07) is -1.97. The predicted molar refractivity (Wildman–Crippen MR) is 116 cm³/mol. The molecule has 3 amide bonds. The van der Waals surface area contributed by atoms with Gasteiger partial charge in [-0.05, 0) is 30.6 Å². The molecular formula is C22H34N4O6. The third kappa shape index (κ3) is 7.65. The van der Waals surface area contributed by atoms with Gasteiger partial charge in [-0.25, -0.2) is 4.79 Å². The molecule has 0 aromatic carbocycles. The maximum atomic E-state index is 13.0. The average molecular weight is 451 g/mol. The summed E-state index contributed by atoms with van der Waals surface area (Å²) in [5, 5.41) is 11.6. The van der Waals surface area contributed by atoms with Gasteiger partial charge in [0.25, 0.3) is 5.91 Å². The molecule has 0 saturated heterocycles. The molecule has 0 fully saturated rings. The Balaban J connectivity index is 2.10. The van der Waals surface area contributed by atoms with E-state index in [4.69, 9.17) is 9.26 Å². The third-order valence-corrected chi connectivity index (χ3v) is 5.01. The van der Waals surface area contributed by atoms with Crippen molar-refractivity contribution >= 4 is 23.7 Å². The normalized spacial score (nSPS) is 18.8. The van der Waals surface area contributed by atoms with E-state index < -0.39 is 35.8 Å². The van der Waals surface area contributed by atoms with Crippen LogP contribution in [0, 0.1) is 11.3 Å². The lowest BCUT2D eigenvalue weighted by Crippen LogP contribution is -2.55. The predicted octanol–water partition coefficient (Wildman–Crippen LogP) is 1.52. The molecular weight excluding hydrogens is 416 g/mol. The van der Waals surface area contributed by atoms with E-state index >= 15 is 0 Å². The largest absolute Gasteiger partial charge is 0.449 e. The number of hydrogen-bond donors (Lipinski definition) is 3. The van der Waals surface area contributed by atoms with Crippen molar-refractivity contribution in [2.75, 3.05) is 13.2 Å². The number of fused-ring (bicyclic) bond motifs is 1. The zero-order valence-electron chi connectivity index (χ0n) is 19.4. The maximum absolute atomic E-state index is 13.0. The molecule has 0 bridgehead atoms. The van der Waals surface area contributed by atoms with Crippen LogP contribution in [-0.4, -0.2) is 54.1 Å². The summed E-state index contributed by atoms with van der Waals surface area (Å²) in [6.45, 7) is 9.80. The van der Waals surface area contributed by atoms with Crippen LogP contribution in [0.3, 0.4) is 0 Å². The molecule has 1 aromatic heterocycles. The van der Waals surface area contributed by atoms with Crippen LogP contribution in [0.25, 0.3) is 0 Å². The van der Waals surface area contributed by atoms with Crippen LogP contribution in [-0.2, 0) is 32.0 Å². The van der Waals surface area contributed by atoms with E-state index in [1.807, 2.05) is 20.8 Å². The lowest BCUT2D eigenvalue weighted by atomic mass is 9.98. The first kappa shape index (κ1) is 25.4. The van der Waals surface area contributed by atoms with Crippen molar-refractivity contribution in [3.63, 3.8) is 0 Å². The molecule has 32 heavy (non-hydrogen) atoms. The lowest BCUT2D eigenvalue weighted by Gasteiger charge is -2.25. The number of Topliss-reactive ketones (excluding diaryl/α,β-unsaturated/α-hetero) is 1. The monoisotopic (exact) mass is 450 g/mol. The lowest BCUT2D eigenvalue weighted by molar-refractivity contribution is -0.140. The van der Waals surface area contributed by atoms with Crippen molar-refractivity contribution in [3.05, 3.63) is 17.5 Å². The first-order valence-electron chi connectivity index (χ1n) is 11.0. The first-order chi connectivity index (χ1) is 15.0. The van der Waals surface area contributed by atoms with Crippen LogP contribution in [0.1, 0.15) is 58.8 Å². The summed E-state index contributed by atoms with van der Waals surface area (Å²) in [5.41, 5.74) is 0.623. The highest BCUT2D eigenvalue weighted by atomic mass is 16.5. The number of ketones is 1. The summed E-state index contributed by atoms with van der Waals surface area (Å²) in [5.74, 6) is -1.59. The van der Waals surface area contributed by atoms with Gasteiger partial charge in [0.1, 0.15) is 11.8 Å². The molecule has 10 heteroatoms. The second-order valence-electron chi connectivity index (χ2n) is 9.60. The average Bonchev–Trinajstić information content (AvgIpc) is 3.15. The molecule has 0 spiro atoms. The number of nitrogens with one attached hydrogen (secondary N) is 3. The van der Waals surface area contributed by atoms with Crippen LogP contribution in [0.5, 0.6) is 0 Å². The highest BCUT2D eigenvalue weighted by molar-refractivity contribution is 6.38. The SMILES string of the molecule is CC(C)C(NC(=O)OCC(C)(C)C)C(=O)NC1CCc2cnoc2CCCNC(=O)C1=O. The van der Waals surface area contributed by atoms with Gasteiger partial charge >= 0.3 is 6.09 Å². The number of amides is 3. The summed E-state index contributed by atoms with van der Waals surface area (Å²) in [4.78, 5) is 50.1. The summed E-state index contributed by atoms with van der Waals surface area (Å²) in [7, 11) is 0. The van der Waals surface area contributed by atoms with E-state index in [2.05, 4.69) is 21.1 Å². The van der Waals surface area contributed by atoms with Gasteiger partial charge in [0, 0.05) is 18.5 Å². The Morgan fingerprint density at radius 3 is 2.66 bits per heavy atom. The molecule has 1 aliphatic heterocycles. The van der Waals surface area contributed by atoms with Crippen molar-refractivity contribution in [1.82, 2.24) is 21.1 Å². The Kier molecular flexibility index (Phi) is 8.80. The molecule has 2 rings (SSSR count). The van der Waals surface area contributed by atoms with Gasteiger partial charge in [-0.2, -0.15) is 0 Å². The van der Waals surface area contributed by atoms with Crippen LogP contribution < -0.4 is 16.0 Å². The standard InChI is InChI=1S/C22H34N4O6/c1-13(2)17(26-21(30)31-12-22(3,4)5)19(28)25-15-9-8-14-11-24-32-16(14)7-6-10-23-20(29)18(15)27/h11,13,15,17H,6-10,12H2,1-5H3,(H,23,29)(H,25,28)(H,26,30). The van der Waals surface area contributed by atoms with Crippen LogP contribution in [0.4, 0.5) is 4.79 Å². The highest BCUT2D eigenvalue weighted by Gasteiger charge is 2.32. The Bertz CT molecular complexity index is 827. The van der Waals surface area contributed by atoms with Gasteiger partial charge in [-0.15, -0.1) is 0 Å². The molecule has 10 nitrogen and oxygen atoms in total. The molecule has 0 aliphatic carbocycles. The minimum atomic E-state index is -1.04. The molecule has 178 valence electrons. The molecule has 3 N–H and O–H groups in total. The van der Waals surface area contributed by atoms with Crippen molar-refractivity contribution < 1.29 is 28.4 Å². The number of carbonyl (C=O) groups is 4. The number of aromatic nitrogens is 1. The quantitative estimate of drug-likeness (QED) is 0.578. The second-order valence-corrected chi connectivity index (χ2v) is 9.60. The van der Waals surface area contributed by atoms with Gasteiger partial charge in [-0.1, -0.05) is 39.8 Å². The number of hydrogen-bond acceptors (Lipinski definition) is 7. The van der Waals surface area contributed by atoms with E-state index in [9.17, 15) is 19.2 Å². The molecule has 2 atom stereocenters. The highest BCUT2D eigenvalue weighted by Crippen LogP contribution is 2.16. The molecule has 1 aromatic rings. The molecule has 0 radical (unpaired) electrons. The van der Waals surface area contributed by atoms with Gasteiger partial charge in [0.2, 0.25) is 11.7 Å². The molecule has 2 unspecified atom stereocenters. The third-order valence-electron chi connectivity index (χ3n) is 5.01. The number of aryl methyl sites for hydroxylation is 2. The zero-order chi connectivity index (χ0) is 23.9. The topological polar surface area (TPSA) is 140 Å². The van der Waals surface area contributed by atoms with E-state index in [-0.39, 0.29) is 24.4 Å². The second kappa shape index (κ2) is 11.1. The molecule has 2 heterocycles. The number of carbonyl (C=O) groups excluding carboxylic acids is 4. The fraction of sp³-hybridized carbons (Fsp3) is 0.682. The van der Waals surface area contributed by atoms with E-state index in [1.165, 1.54) is 0 Å². The Morgan fingerprint density at radius 2 is 2.00 bits per heavy atom. The van der Waals surface area contributed by atoms with Crippen molar-refractivity contribution in [2.24, 2.45) is 11.3 Å². The van der Waals surface area contributed by atoms with Gasteiger partial charge in [-0.3, -0.25) is 14.4 Å². The van der Waals surface area contributed by atoms with Gasteiger partial charge in [0.05, 0.1) is 18.8 Å². The smallest absolute Gasteiger partial charge is 0.407 e. The fourth-order valence-corrected chi connectivity index (χ4v) is 3.21. The van der Waals surface area contributed by atoms with E-state index in [0.29, 0.717) is 31.6 Å². The van der Waals surface area contributed by atoms with Crippen LogP contribution in [0.15, 0.2) is 10.7 Å². The van der Waals surface area contributed by atoms with Crippen molar-refractivity contribution in [3.8, 4) is 0 Å². The molecule has 1 aliphatic rings. The minimum Gasteiger partial charge on any atom is -0.449 e. The van der Waals surface area contributed by atoms with Crippen LogP contribution >= 0.6 is 0 Å². The van der Waals surface area contributed by atoms with Crippen LogP contribution in [0.2, 0.25) is 0 Å². The van der Waals surface area contributed by atoms with Gasteiger partial charge < -0.3 is 25.2 Å². The first-order valence-corrected chi connectivity index (χ1v) is 11.0. The maximum Gasteiger partial charge on any atom is 0.407 e. The van der Waals surface area contributed by atoms with Gasteiger partial charge in [0.15, 0.2) is 0 Å². The van der Waals surface area contributed by atoms with E-state index in [0.717, 1.165) is 5.56 Å². The molecule has 0 saturated carbocycles. The summed E-state index contributed by atoms with van der Waals surface area (Å²) >= 11 is 0. The summed E-state index contributed by atoms with van der Waals surface area (Å²) < 4.78 is 10.5. The van der Waals surface area contributed by atoms with Crippen molar-refractivity contribution in [2.45, 2.75) is 72.4 Å². The number of nitrogens with zero attached hydrogens (tertiary/aromatic N) is 1. The number of rotatable bonds is 5. The number of alkyl carbamates (subject to hydrolysis) is 1. The fourth-order valence-electron chi connectivity index (χ4n) is 3.21. The van der Waals surface area contributed by atoms with Crippen molar-refractivity contribution in [1.29, 1.82) is 0 Å². The zero-order valence-corrected chi connectivity index (χ0v) is 19.4. The Hall–Kier alpha value is -2.91.